The van der Waals surface area contributed by atoms with Gasteiger partial charge in [-0.2, -0.15) is 18.4 Å². The van der Waals surface area contributed by atoms with Crippen LogP contribution in [0.4, 0.5) is 18.9 Å². The number of benzene rings is 1. The average Bonchev–Trinajstić information content (AvgIpc) is 3.21. The first-order valence-corrected chi connectivity index (χ1v) is 12.0. The molecule has 0 spiro atoms. The van der Waals surface area contributed by atoms with E-state index >= 15 is 0 Å². The minimum atomic E-state index is -4.58. The largest absolute Gasteiger partial charge is 0.417 e. The molecule has 3 aliphatic rings. The first kappa shape index (κ1) is 23.9. The van der Waals surface area contributed by atoms with Crippen LogP contribution < -0.4 is 4.90 Å². The molecule has 1 aromatic rings. The summed E-state index contributed by atoms with van der Waals surface area (Å²) in [5.41, 5.74) is -1.09. The first-order chi connectivity index (χ1) is 15.8. The smallest absolute Gasteiger partial charge is 0.381 e. The van der Waals surface area contributed by atoms with Crippen LogP contribution in [0.1, 0.15) is 56.6 Å². The molecule has 2 saturated heterocycles. The van der Waals surface area contributed by atoms with Gasteiger partial charge in [0.25, 0.3) is 0 Å². The molecule has 1 amide bonds. The predicted octanol–water partition coefficient (Wildman–Crippen LogP) is 4.85. The number of rotatable bonds is 5. The fourth-order valence-corrected chi connectivity index (χ4v) is 5.95. The van der Waals surface area contributed by atoms with E-state index in [4.69, 9.17) is 10.00 Å². The van der Waals surface area contributed by atoms with Crippen molar-refractivity contribution >= 4 is 11.6 Å². The van der Waals surface area contributed by atoms with E-state index in [0.717, 1.165) is 38.2 Å². The second-order valence-electron chi connectivity index (χ2n) is 9.80. The summed E-state index contributed by atoms with van der Waals surface area (Å²) in [6.45, 7) is 5.43. The van der Waals surface area contributed by atoms with E-state index in [9.17, 15) is 18.0 Å². The molecular formula is C25H32F3N3O2. The molecule has 2 aliphatic heterocycles. The topological polar surface area (TPSA) is 56.6 Å². The van der Waals surface area contributed by atoms with Crippen LogP contribution in [-0.2, 0) is 15.7 Å². The molecule has 180 valence electrons. The zero-order valence-corrected chi connectivity index (χ0v) is 19.2. The summed E-state index contributed by atoms with van der Waals surface area (Å²) in [4.78, 5) is 17.2. The van der Waals surface area contributed by atoms with Gasteiger partial charge in [-0.15, -0.1) is 0 Å². The molecule has 2 atom stereocenters. The Bertz CT molecular complexity index is 907. The van der Waals surface area contributed by atoms with Crippen LogP contribution in [0.15, 0.2) is 18.2 Å². The Balaban J connectivity index is 1.57. The maximum absolute atomic E-state index is 13.5. The summed E-state index contributed by atoms with van der Waals surface area (Å²) in [5.74, 6) is 0.578. The monoisotopic (exact) mass is 463 g/mol. The van der Waals surface area contributed by atoms with Crippen molar-refractivity contribution in [3.63, 3.8) is 0 Å². The summed E-state index contributed by atoms with van der Waals surface area (Å²) in [7, 11) is 0. The molecule has 0 unspecified atom stereocenters. The molecule has 8 heteroatoms. The maximum Gasteiger partial charge on any atom is 0.417 e. The summed E-state index contributed by atoms with van der Waals surface area (Å²) in [6.07, 6.45) is 1.55. The molecule has 4 rings (SSSR count). The van der Waals surface area contributed by atoms with E-state index in [1.807, 2.05) is 16.7 Å². The third-order valence-corrected chi connectivity index (χ3v) is 7.72. The minimum Gasteiger partial charge on any atom is -0.381 e. The molecule has 0 bridgehead atoms. The fraction of sp³-hybridized carbons (Fsp3) is 0.680. The highest BCUT2D eigenvalue weighted by atomic mass is 19.4. The molecule has 0 radical (unpaired) electrons. The lowest BCUT2D eigenvalue weighted by molar-refractivity contribution is -0.142. The SMILES string of the molecule is CCOC[C@]12CN(C(=O)C3CCCCC3)CC[C@H]1CN(c1ccc(C#N)c(C(F)(F)F)c1)C2. The van der Waals surface area contributed by atoms with Crippen LogP contribution in [0, 0.1) is 28.6 Å². The Morgan fingerprint density at radius 2 is 1.97 bits per heavy atom. The highest BCUT2D eigenvalue weighted by Gasteiger charge is 2.51. The minimum absolute atomic E-state index is 0.102. The van der Waals surface area contributed by atoms with Crippen molar-refractivity contribution in [3.05, 3.63) is 29.3 Å². The lowest BCUT2D eigenvalue weighted by atomic mass is 9.73. The van der Waals surface area contributed by atoms with Crippen molar-refractivity contribution in [2.75, 3.05) is 44.3 Å². The average molecular weight is 464 g/mol. The lowest BCUT2D eigenvalue weighted by Gasteiger charge is -2.45. The number of piperidine rings is 1. The van der Waals surface area contributed by atoms with E-state index in [2.05, 4.69) is 0 Å². The predicted molar refractivity (Wildman–Crippen MR) is 119 cm³/mol. The maximum atomic E-state index is 13.5. The summed E-state index contributed by atoms with van der Waals surface area (Å²) in [6, 6.07) is 5.60. The van der Waals surface area contributed by atoms with Crippen molar-refractivity contribution in [2.45, 2.75) is 51.6 Å². The third-order valence-electron chi connectivity index (χ3n) is 7.72. The Morgan fingerprint density at radius 3 is 2.64 bits per heavy atom. The lowest BCUT2D eigenvalue weighted by Crippen LogP contribution is -2.54. The van der Waals surface area contributed by atoms with Gasteiger partial charge in [0.15, 0.2) is 0 Å². The van der Waals surface area contributed by atoms with Crippen molar-refractivity contribution in [1.82, 2.24) is 4.90 Å². The zero-order chi connectivity index (χ0) is 23.6. The van der Waals surface area contributed by atoms with Gasteiger partial charge >= 0.3 is 6.18 Å². The number of anilines is 1. The summed E-state index contributed by atoms with van der Waals surface area (Å²) >= 11 is 0. The second-order valence-corrected chi connectivity index (χ2v) is 9.80. The van der Waals surface area contributed by atoms with Crippen LogP contribution in [0.3, 0.4) is 0 Å². The molecule has 0 aromatic heterocycles. The third kappa shape index (κ3) is 4.84. The molecule has 5 nitrogen and oxygen atoms in total. The number of hydrogen-bond donors (Lipinski definition) is 0. The van der Waals surface area contributed by atoms with Crippen molar-refractivity contribution in [3.8, 4) is 6.07 Å². The standard InChI is InChI=1S/C25H32F3N3O2/c1-2-33-17-24-15-30(23(32)18-6-4-3-5-7-18)11-10-20(24)14-31(16-24)21-9-8-19(13-29)22(12-21)25(26,27)28/h8-9,12,18,20H,2-7,10-11,14-17H2,1H3/t20-,24+/m0/s1. The highest BCUT2D eigenvalue weighted by Crippen LogP contribution is 2.45. The number of alkyl halides is 3. The molecule has 33 heavy (non-hydrogen) atoms. The number of ether oxygens (including phenoxy) is 1. The van der Waals surface area contributed by atoms with E-state index in [-0.39, 0.29) is 28.7 Å². The van der Waals surface area contributed by atoms with Crippen LogP contribution in [0.25, 0.3) is 0 Å². The second kappa shape index (κ2) is 9.54. The van der Waals surface area contributed by atoms with Gasteiger partial charge in [-0.25, -0.2) is 0 Å². The number of hydrogen-bond acceptors (Lipinski definition) is 4. The van der Waals surface area contributed by atoms with Gasteiger partial charge in [0.1, 0.15) is 0 Å². The van der Waals surface area contributed by atoms with E-state index < -0.39 is 11.7 Å². The van der Waals surface area contributed by atoms with Crippen LogP contribution in [-0.4, -0.2) is 50.2 Å². The van der Waals surface area contributed by atoms with Gasteiger partial charge in [-0.3, -0.25) is 4.79 Å². The first-order valence-electron chi connectivity index (χ1n) is 12.0. The number of halogens is 3. The Kier molecular flexibility index (Phi) is 6.90. The van der Waals surface area contributed by atoms with Crippen LogP contribution in [0.2, 0.25) is 0 Å². The highest BCUT2D eigenvalue weighted by molar-refractivity contribution is 5.79. The van der Waals surface area contributed by atoms with Crippen molar-refractivity contribution in [2.24, 2.45) is 17.3 Å². The molecule has 2 heterocycles. The van der Waals surface area contributed by atoms with Gasteiger partial charge < -0.3 is 14.5 Å². The molecule has 1 aliphatic carbocycles. The van der Waals surface area contributed by atoms with E-state index in [0.29, 0.717) is 45.1 Å². The number of likely N-dealkylation sites (tertiary alicyclic amines) is 1. The van der Waals surface area contributed by atoms with E-state index in [1.54, 1.807) is 12.1 Å². The molecule has 1 aromatic carbocycles. The van der Waals surface area contributed by atoms with Gasteiger partial charge in [-0.05, 0) is 50.3 Å². The van der Waals surface area contributed by atoms with Gasteiger partial charge in [-0.1, -0.05) is 19.3 Å². The van der Waals surface area contributed by atoms with Crippen molar-refractivity contribution in [1.29, 1.82) is 5.26 Å². The Labute approximate surface area is 193 Å². The molecule has 0 N–H and O–H groups in total. The van der Waals surface area contributed by atoms with E-state index in [1.165, 1.54) is 12.5 Å². The molecule has 3 fully saturated rings. The van der Waals surface area contributed by atoms with Gasteiger partial charge in [0.05, 0.1) is 23.8 Å². The number of amides is 1. The summed E-state index contributed by atoms with van der Waals surface area (Å²) in [5, 5.41) is 9.12. The number of carbonyl (C=O) groups is 1. The van der Waals surface area contributed by atoms with Gasteiger partial charge in [0, 0.05) is 49.8 Å². The Morgan fingerprint density at radius 1 is 1.21 bits per heavy atom. The molecular weight excluding hydrogens is 431 g/mol. The Hall–Kier alpha value is -2.27. The quantitative estimate of drug-likeness (QED) is 0.627. The number of carbonyl (C=O) groups excluding carboxylic acids is 1. The number of nitriles is 1. The van der Waals surface area contributed by atoms with Gasteiger partial charge in [0.2, 0.25) is 5.91 Å². The fourth-order valence-electron chi connectivity index (χ4n) is 5.95. The normalized spacial score (nSPS) is 26.2. The van der Waals surface area contributed by atoms with Crippen molar-refractivity contribution < 1.29 is 22.7 Å². The van der Waals surface area contributed by atoms with Crippen LogP contribution in [0.5, 0.6) is 0 Å². The summed E-state index contributed by atoms with van der Waals surface area (Å²) < 4.78 is 46.4. The molecule has 1 saturated carbocycles. The zero-order valence-electron chi connectivity index (χ0n) is 19.2. The number of nitrogens with zero attached hydrogens (tertiary/aromatic N) is 3. The van der Waals surface area contributed by atoms with Crippen LogP contribution >= 0.6 is 0 Å². The number of fused-ring (bicyclic) bond motifs is 1.